The second-order valence-corrected chi connectivity index (χ2v) is 9.39. The molecule has 1 saturated carbocycles. The van der Waals surface area contributed by atoms with Crippen molar-refractivity contribution in [1.82, 2.24) is 10.0 Å². The molecule has 27 heavy (non-hydrogen) atoms. The van der Waals surface area contributed by atoms with Crippen LogP contribution in [-0.2, 0) is 16.4 Å². The van der Waals surface area contributed by atoms with Crippen molar-refractivity contribution in [1.29, 1.82) is 0 Å². The second kappa shape index (κ2) is 6.96. The Labute approximate surface area is 158 Å². The molecule has 2 N–H and O–H groups in total. The van der Waals surface area contributed by atoms with Crippen LogP contribution in [0.25, 0.3) is 11.1 Å². The van der Waals surface area contributed by atoms with Gasteiger partial charge in [-0.1, -0.05) is 30.3 Å². The molecule has 2 aromatic carbocycles. The topological polar surface area (TPSA) is 58.2 Å². The van der Waals surface area contributed by atoms with Gasteiger partial charge in [-0.05, 0) is 48.4 Å². The molecular weight excluding hydrogens is 370 g/mol. The Hall–Kier alpha value is -1.83. The van der Waals surface area contributed by atoms with Crippen molar-refractivity contribution in [2.24, 2.45) is 5.92 Å². The van der Waals surface area contributed by atoms with Crippen LogP contribution in [0.15, 0.2) is 42.5 Å². The Morgan fingerprint density at radius 1 is 1.15 bits per heavy atom. The molecule has 2 heterocycles. The lowest BCUT2D eigenvalue weighted by Gasteiger charge is -2.52. The van der Waals surface area contributed by atoms with Crippen LogP contribution >= 0.6 is 0 Å². The van der Waals surface area contributed by atoms with Gasteiger partial charge in [0.05, 0.1) is 6.26 Å². The Morgan fingerprint density at radius 2 is 1.89 bits per heavy atom. The van der Waals surface area contributed by atoms with Crippen LogP contribution in [-0.4, -0.2) is 32.8 Å². The maximum Gasteiger partial charge on any atom is 0.209 e. The average Bonchev–Trinajstić information content (AvgIpc) is 2.55. The average molecular weight is 392 g/mol. The predicted octanol–water partition coefficient (Wildman–Crippen LogP) is 2.84. The van der Waals surface area contributed by atoms with E-state index in [1.54, 1.807) is 30.3 Å². The van der Waals surface area contributed by atoms with Crippen molar-refractivity contribution in [3.05, 3.63) is 59.7 Å². The minimum Gasteiger partial charge on any atom is -0.309 e. The van der Waals surface area contributed by atoms with Gasteiger partial charge in [-0.2, -0.15) is 0 Å². The molecule has 0 unspecified atom stereocenters. The van der Waals surface area contributed by atoms with Gasteiger partial charge in [0.1, 0.15) is 11.6 Å². The molecule has 0 aromatic heterocycles. The Bertz CT molecular complexity index is 958. The zero-order chi connectivity index (χ0) is 19.2. The molecule has 2 saturated heterocycles. The number of benzene rings is 2. The van der Waals surface area contributed by atoms with Gasteiger partial charge in [-0.3, -0.25) is 0 Å². The highest BCUT2D eigenvalue weighted by Gasteiger charge is 2.46. The molecule has 2 atom stereocenters. The molecule has 1 aliphatic carbocycles. The summed E-state index contributed by atoms with van der Waals surface area (Å²) in [6.07, 6.45) is 3.40. The predicted molar refractivity (Wildman–Crippen MR) is 101 cm³/mol. The first-order chi connectivity index (χ1) is 12.8. The molecule has 0 amide bonds. The fourth-order valence-corrected chi connectivity index (χ4v) is 5.14. The highest BCUT2D eigenvalue weighted by molar-refractivity contribution is 7.88. The summed E-state index contributed by atoms with van der Waals surface area (Å²) in [4.78, 5) is 0. The van der Waals surface area contributed by atoms with E-state index in [1.165, 1.54) is 12.1 Å². The van der Waals surface area contributed by atoms with Crippen molar-refractivity contribution < 1.29 is 17.2 Å². The number of sulfonamides is 1. The van der Waals surface area contributed by atoms with E-state index in [0.717, 1.165) is 19.1 Å². The molecule has 2 aliphatic heterocycles. The number of nitrogens with one attached hydrogen (secondary N) is 2. The zero-order valence-corrected chi connectivity index (χ0v) is 15.8. The van der Waals surface area contributed by atoms with Gasteiger partial charge < -0.3 is 5.32 Å². The molecule has 144 valence electrons. The van der Waals surface area contributed by atoms with Crippen LogP contribution in [0.3, 0.4) is 0 Å². The number of fused-ring (bicyclic) bond motifs is 2. The van der Waals surface area contributed by atoms with Crippen LogP contribution in [0, 0.1) is 17.6 Å². The molecule has 2 bridgehead atoms. The minimum atomic E-state index is -3.35. The minimum absolute atomic E-state index is 0.172. The van der Waals surface area contributed by atoms with Crippen molar-refractivity contribution in [2.45, 2.75) is 37.4 Å². The largest absolute Gasteiger partial charge is 0.309 e. The molecular formula is C20H22F2N2O2S. The summed E-state index contributed by atoms with van der Waals surface area (Å²) >= 11 is 0. The molecule has 5 rings (SSSR count). The van der Waals surface area contributed by atoms with Crippen LogP contribution in [0.1, 0.15) is 18.4 Å². The molecule has 3 aliphatic rings. The zero-order valence-electron chi connectivity index (χ0n) is 15.0. The second-order valence-electron chi connectivity index (χ2n) is 7.61. The summed E-state index contributed by atoms with van der Waals surface area (Å²) in [5, 5.41) is 3.45. The maximum atomic E-state index is 15.1. The lowest BCUT2D eigenvalue weighted by atomic mass is 9.68. The van der Waals surface area contributed by atoms with Gasteiger partial charge in [0.15, 0.2) is 0 Å². The summed E-state index contributed by atoms with van der Waals surface area (Å²) < 4.78 is 54.9. The third-order valence-corrected chi connectivity index (χ3v) is 6.27. The van der Waals surface area contributed by atoms with E-state index < -0.39 is 15.8 Å². The number of piperidine rings is 2. The summed E-state index contributed by atoms with van der Waals surface area (Å²) in [5.41, 5.74) is 1.33. The fourth-order valence-electron chi connectivity index (χ4n) is 4.29. The van der Waals surface area contributed by atoms with Crippen molar-refractivity contribution in [3.8, 4) is 11.1 Å². The highest BCUT2D eigenvalue weighted by atomic mass is 32.2. The van der Waals surface area contributed by atoms with E-state index in [0.29, 0.717) is 29.2 Å². The first-order valence-corrected chi connectivity index (χ1v) is 11.0. The summed E-state index contributed by atoms with van der Waals surface area (Å²) in [5.74, 6) is -0.517. The number of halogens is 2. The van der Waals surface area contributed by atoms with Crippen LogP contribution in [0.4, 0.5) is 8.78 Å². The molecule has 7 heteroatoms. The Morgan fingerprint density at radius 3 is 2.59 bits per heavy atom. The van der Waals surface area contributed by atoms with Gasteiger partial charge in [0, 0.05) is 23.7 Å². The van der Waals surface area contributed by atoms with Gasteiger partial charge >= 0.3 is 0 Å². The first-order valence-electron chi connectivity index (χ1n) is 9.07. The maximum absolute atomic E-state index is 15.1. The Balaban J connectivity index is 1.61. The number of rotatable bonds is 5. The smallest absolute Gasteiger partial charge is 0.209 e. The molecule has 2 aromatic rings. The van der Waals surface area contributed by atoms with Crippen LogP contribution < -0.4 is 10.0 Å². The van der Waals surface area contributed by atoms with E-state index in [9.17, 15) is 12.8 Å². The third-order valence-electron chi connectivity index (χ3n) is 5.57. The van der Waals surface area contributed by atoms with Gasteiger partial charge in [-0.25, -0.2) is 21.9 Å². The van der Waals surface area contributed by atoms with Gasteiger partial charge in [0.25, 0.3) is 0 Å². The van der Waals surface area contributed by atoms with Crippen LogP contribution in [0.5, 0.6) is 0 Å². The SMILES string of the molecule is CS(=O)(=O)N[C@H]1C2CC(C2)N[C@H]1Cc1cccc(-c2cccc(F)c2)c1F. The van der Waals surface area contributed by atoms with Crippen molar-refractivity contribution in [3.63, 3.8) is 0 Å². The lowest BCUT2D eigenvalue weighted by Crippen LogP contribution is -2.67. The summed E-state index contributed by atoms with van der Waals surface area (Å²) in [6.45, 7) is 0. The summed E-state index contributed by atoms with van der Waals surface area (Å²) in [6, 6.07) is 10.9. The standard InChI is InChI=1S/C20H22F2N2O2S/c1-27(25,26)24-20-14-9-16(10-14)23-18(20)11-13-5-3-7-17(19(13)22)12-4-2-6-15(21)8-12/h2-8,14,16,18,20,23-24H,9-11H2,1H3/t14?,16?,18-,20-/m0/s1. The summed E-state index contributed by atoms with van der Waals surface area (Å²) in [7, 11) is -3.35. The molecule has 3 fully saturated rings. The van der Waals surface area contributed by atoms with E-state index in [4.69, 9.17) is 0 Å². The monoisotopic (exact) mass is 392 g/mol. The molecule has 0 spiro atoms. The van der Waals surface area contributed by atoms with Gasteiger partial charge in [-0.15, -0.1) is 0 Å². The normalized spacial score (nSPS) is 27.2. The first kappa shape index (κ1) is 18.5. The van der Waals surface area contributed by atoms with E-state index in [2.05, 4.69) is 10.0 Å². The van der Waals surface area contributed by atoms with Gasteiger partial charge in [0.2, 0.25) is 10.0 Å². The molecule has 0 radical (unpaired) electrons. The van der Waals surface area contributed by atoms with E-state index in [1.807, 2.05) is 0 Å². The number of hydrogen-bond donors (Lipinski definition) is 2. The van der Waals surface area contributed by atoms with Crippen LogP contribution in [0.2, 0.25) is 0 Å². The number of hydrogen-bond acceptors (Lipinski definition) is 3. The van der Waals surface area contributed by atoms with Crippen molar-refractivity contribution in [2.75, 3.05) is 6.26 Å². The highest BCUT2D eigenvalue weighted by Crippen LogP contribution is 2.38. The third kappa shape index (κ3) is 3.90. The van der Waals surface area contributed by atoms with Crippen molar-refractivity contribution >= 4 is 10.0 Å². The quantitative estimate of drug-likeness (QED) is 0.823. The fraction of sp³-hybridized carbons (Fsp3) is 0.400. The Kier molecular flexibility index (Phi) is 4.78. The van der Waals surface area contributed by atoms with E-state index in [-0.39, 0.29) is 23.8 Å². The molecule has 4 nitrogen and oxygen atoms in total. The van der Waals surface area contributed by atoms with E-state index >= 15 is 4.39 Å². The lowest BCUT2D eigenvalue weighted by molar-refractivity contribution is 0.0809.